The number of piperidine rings is 1. The van der Waals surface area contributed by atoms with Crippen molar-refractivity contribution >= 4 is 5.97 Å². The molecule has 0 saturated carbocycles. The smallest absolute Gasteiger partial charge is 0.323 e. The van der Waals surface area contributed by atoms with E-state index in [-0.39, 0.29) is 5.82 Å². The quantitative estimate of drug-likeness (QED) is 0.891. The number of benzene rings is 1. The number of carboxylic acid groups (broad SMARTS) is 1. The monoisotopic (exact) mass is 333 g/mol. The molecule has 0 unspecified atom stereocenters. The van der Waals surface area contributed by atoms with Crippen LogP contribution in [0.5, 0.6) is 0 Å². The van der Waals surface area contributed by atoms with Gasteiger partial charge in [-0.15, -0.1) is 0 Å². The molecule has 0 aliphatic carbocycles. The minimum Gasteiger partial charge on any atom is -0.480 e. The molecule has 0 bridgehead atoms. The second kappa shape index (κ2) is 6.33. The molecule has 2 heterocycles. The Balaban J connectivity index is 1.65. The molecule has 0 spiro atoms. The van der Waals surface area contributed by atoms with Crippen LogP contribution in [0.2, 0.25) is 0 Å². The highest BCUT2D eigenvalue weighted by atomic mass is 19.1. The van der Waals surface area contributed by atoms with Gasteiger partial charge in [-0.25, -0.2) is 4.39 Å². The van der Waals surface area contributed by atoms with E-state index < -0.39 is 11.5 Å². The largest absolute Gasteiger partial charge is 0.480 e. The number of aryl methyl sites for hydroxylation is 1. The summed E-state index contributed by atoms with van der Waals surface area (Å²) in [5.74, 6) is -0.512. The number of aliphatic carboxylic acids is 1. The molecule has 24 heavy (non-hydrogen) atoms. The highest BCUT2D eigenvalue weighted by Crippen LogP contribution is 2.24. The molecule has 1 saturated heterocycles. The molecule has 1 fully saturated rings. The normalized spacial score (nSPS) is 17.8. The lowest BCUT2D eigenvalue weighted by atomic mass is 9.89. The average Bonchev–Trinajstić information content (AvgIpc) is 3.01. The standard InChI is InChI=1S/C17H20FN3O3/c1-11-8-12(2-3-14(11)18)15-9-13(24-20-15)10-21-6-4-17(19,5-7-21)16(22)23/h2-3,8-9H,4-7,10,19H2,1H3,(H,22,23). The van der Waals surface area contributed by atoms with Crippen molar-refractivity contribution in [3.8, 4) is 11.3 Å². The van der Waals surface area contributed by atoms with Gasteiger partial charge in [-0.2, -0.15) is 0 Å². The molecule has 1 aliphatic rings. The topological polar surface area (TPSA) is 92.6 Å². The Hall–Kier alpha value is -2.25. The van der Waals surface area contributed by atoms with Gasteiger partial charge in [0.1, 0.15) is 17.1 Å². The SMILES string of the molecule is Cc1cc(-c2cc(CN3CCC(N)(C(=O)O)CC3)on2)ccc1F. The fourth-order valence-corrected chi connectivity index (χ4v) is 2.87. The Kier molecular flexibility index (Phi) is 4.38. The van der Waals surface area contributed by atoms with Crippen LogP contribution in [0.4, 0.5) is 4.39 Å². The molecule has 3 N–H and O–H groups in total. The highest BCUT2D eigenvalue weighted by Gasteiger charge is 2.37. The van der Waals surface area contributed by atoms with E-state index in [9.17, 15) is 9.18 Å². The lowest BCUT2D eigenvalue weighted by molar-refractivity contribution is -0.145. The van der Waals surface area contributed by atoms with Crippen LogP contribution in [0.15, 0.2) is 28.8 Å². The van der Waals surface area contributed by atoms with E-state index in [4.69, 9.17) is 15.4 Å². The van der Waals surface area contributed by atoms with Gasteiger partial charge in [-0.1, -0.05) is 5.16 Å². The van der Waals surface area contributed by atoms with Crippen molar-refractivity contribution in [2.75, 3.05) is 13.1 Å². The molecule has 1 aromatic carbocycles. The summed E-state index contributed by atoms with van der Waals surface area (Å²) < 4.78 is 18.7. The molecule has 0 radical (unpaired) electrons. The van der Waals surface area contributed by atoms with Crippen LogP contribution in [0, 0.1) is 12.7 Å². The molecule has 1 aliphatic heterocycles. The molecule has 2 aromatic rings. The van der Waals surface area contributed by atoms with E-state index >= 15 is 0 Å². The average molecular weight is 333 g/mol. The van der Waals surface area contributed by atoms with E-state index in [2.05, 4.69) is 10.1 Å². The van der Waals surface area contributed by atoms with E-state index in [0.29, 0.717) is 49.5 Å². The van der Waals surface area contributed by atoms with Crippen molar-refractivity contribution in [3.05, 3.63) is 41.4 Å². The first-order valence-corrected chi connectivity index (χ1v) is 7.84. The second-order valence-electron chi connectivity index (χ2n) is 6.38. The summed E-state index contributed by atoms with van der Waals surface area (Å²) in [6.45, 7) is 3.43. The van der Waals surface area contributed by atoms with E-state index in [0.717, 1.165) is 5.56 Å². The first kappa shape index (κ1) is 16.6. The van der Waals surface area contributed by atoms with Gasteiger partial charge in [0, 0.05) is 24.7 Å². The van der Waals surface area contributed by atoms with Gasteiger partial charge in [-0.05, 0) is 43.5 Å². The van der Waals surface area contributed by atoms with Crippen LogP contribution < -0.4 is 5.73 Å². The molecular weight excluding hydrogens is 313 g/mol. The third-order valence-corrected chi connectivity index (χ3v) is 4.57. The van der Waals surface area contributed by atoms with Gasteiger partial charge in [0.25, 0.3) is 0 Å². The summed E-state index contributed by atoms with van der Waals surface area (Å²) in [5.41, 5.74) is 6.75. The summed E-state index contributed by atoms with van der Waals surface area (Å²) in [6, 6.07) is 6.64. The van der Waals surface area contributed by atoms with Crippen molar-refractivity contribution in [1.29, 1.82) is 0 Å². The number of carboxylic acids is 1. The summed E-state index contributed by atoms with van der Waals surface area (Å²) in [5, 5.41) is 13.2. The number of hydrogen-bond donors (Lipinski definition) is 2. The van der Waals surface area contributed by atoms with E-state index in [1.807, 2.05) is 6.07 Å². The maximum Gasteiger partial charge on any atom is 0.323 e. The van der Waals surface area contributed by atoms with Crippen LogP contribution >= 0.6 is 0 Å². The molecule has 1 aromatic heterocycles. The summed E-state index contributed by atoms with van der Waals surface area (Å²) in [4.78, 5) is 13.2. The molecule has 7 heteroatoms. The van der Waals surface area contributed by atoms with Gasteiger partial charge < -0.3 is 15.4 Å². The van der Waals surface area contributed by atoms with Crippen molar-refractivity contribution in [2.45, 2.75) is 31.8 Å². The predicted octanol–water partition coefficient (Wildman–Crippen LogP) is 2.17. The van der Waals surface area contributed by atoms with Crippen LogP contribution in [0.3, 0.4) is 0 Å². The van der Waals surface area contributed by atoms with Crippen molar-refractivity contribution < 1.29 is 18.8 Å². The van der Waals surface area contributed by atoms with Gasteiger partial charge in [-0.3, -0.25) is 9.69 Å². The fraction of sp³-hybridized carbons (Fsp3) is 0.412. The Labute approximate surface area is 139 Å². The van der Waals surface area contributed by atoms with Gasteiger partial charge in [0.05, 0.1) is 6.54 Å². The zero-order chi connectivity index (χ0) is 17.3. The van der Waals surface area contributed by atoms with Crippen LogP contribution in [-0.2, 0) is 11.3 Å². The number of hydrogen-bond acceptors (Lipinski definition) is 5. The maximum atomic E-state index is 13.3. The number of nitrogens with two attached hydrogens (primary N) is 1. The highest BCUT2D eigenvalue weighted by molar-refractivity contribution is 5.78. The van der Waals surface area contributed by atoms with Crippen molar-refractivity contribution in [1.82, 2.24) is 10.1 Å². The molecule has 0 atom stereocenters. The van der Waals surface area contributed by atoms with Crippen LogP contribution in [-0.4, -0.2) is 39.8 Å². The van der Waals surface area contributed by atoms with Gasteiger partial charge in [0.15, 0.2) is 5.76 Å². The molecule has 6 nitrogen and oxygen atoms in total. The number of rotatable bonds is 4. The molecule has 128 valence electrons. The number of likely N-dealkylation sites (tertiary alicyclic amines) is 1. The van der Waals surface area contributed by atoms with Crippen LogP contribution in [0.1, 0.15) is 24.2 Å². The van der Waals surface area contributed by atoms with Gasteiger partial charge >= 0.3 is 5.97 Å². The zero-order valence-electron chi connectivity index (χ0n) is 13.5. The fourth-order valence-electron chi connectivity index (χ4n) is 2.87. The third kappa shape index (κ3) is 3.32. The lowest BCUT2D eigenvalue weighted by Crippen LogP contribution is -2.55. The van der Waals surface area contributed by atoms with E-state index in [1.54, 1.807) is 19.1 Å². The number of halogens is 1. The lowest BCUT2D eigenvalue weighted by Gasteiger charge is -2.35. The Morgan fingerprint density at radius 2 is 2.12 bits per heavy atom. The number of carbonyl (C=O) groups is 1. The summed E-state index contributed by atoms with van der Waals surface area (Å²) in [7, 11) is 0. The first-order chi connectivity index (χ1) is 11.4. The first-order valence-electron chi connectivity index (χ1n) is 7.84. The Morgan fingerprint density at radius 3 is 2.75 bits per heavy atom. The Bertz CT molecular complexity index is 751. The minimum absolute atomic E-state index is 0.250. The number of nitrogens with zero attached hydrogens (tertiary/aromatic N) is 2. The van der Waals surface area contributed by atoms with Crippen molar-refractivity contribution in [2.24, 2.45) is 5.73 Å². The van der Waals surface area contributed by atoms with Gasteiger partial charge in [0.2, 0.25) is 0 Å². The molecular formula is C17H20FN3O3. The van der Waals surface area contributed by atoms with Crippen molar-refractivity contribution in [3.63, 3.8) is 0 Å². The third-order valence-electron chi connectivity index (χ3n) is 4.57. The van der Waals surface area contributed by atoms with E-state index in [1.165, 1.54) is 6.07 Å². The second-order valence-corrected chi connectivity index (χ2v) is 6.38. The Morgan fingerprint density at radius 1 is 1.42 bits per heavy atom. The molecule has 3 rings (SSSR count). The maximum absolute atomic E-state index is 13.3. The summed E-state index contributed by atoms with van der Waals surface area (Å²) in [6.07, 6.45) is 0.807. The van der Waals surface area contributed by atoms with Crippen LogP contribution in [0.25, 0.3) is 11.3 Å². The molecule has 0 amide bonds. The summed E-state index contributed by atoms with van der Waals surface area (Å²) >= 11 is 0. The zero-order valence-corrected chi connectivity index (χ0v) is 13.5. The predicted molar refractivity (Wildman–Crippen MR) is 85.7 cm³/mol. The number of aromatic nitrogens is 1. The minimum atomic E-state index is -1.13.